The topological polar surface area (TPSA) is 49.4 Å². The van der Waals surface area contributed by atoms with Gasteiger partial charge in [0.25, 0.3) is 0 Å². The quantitative estimate of drug-likeness (QED) is 0.244. The standard InChI is InChI=1S/C26H50N2O2/c1-4-6-7-8-9-10-11-14-18-25(29)19-15-12-13-16-20-28-22-24(21-23(28)3)27-26(30)17-5-2/h23-24H,4-22H2,1-3H3,(H,27,30). The Balaban J connectivity index is 1.94. The monoisotopic (exact) mass is 422 g/mol. The molecule has 4 nitrogen and oxygen atoms in total. The summed E-state index contributed by atoms with van der Waals surface area (Å²) in [5.41, 5.74) is 0. The molecule has 0 radical (unpaired) electrons. The number of likely N-dealkylation sites (tertiary alicyclic amines) is 1. The van der Waals surface area contributed by atoms with Crippen LogP contribution in [0.5, 0.6) is 0 Å². The van der Waals surface area contributed by atoms with Gasteiger partial charge in [0, 0.05) is 37.9 Å². The fraction of sp³-hybridized carbons (Fsp3) is 0.923. The number of unbranched alkanes of at least 4 members (excludes halogenated alkanes) is 10. The highest BCUT2D eigenvalue weighted by Gasteiger charge is 2.29. The van der Waals surface area contributed by atoms with Gasteiger partial charge >= 0.3 is 0 Å². The van der Waals surface area contributed by atoms with Crippen LogP contribution in [0.3, 0.4) is 0 Å². The number of hydrogen-bond acceptors (Lipinski definition) is 3. The Morgan fingerprint density at radius 1 is 0.767 bits per heavy atom. The Bertz CT molecular complexity index is 452. The van der Waals surface area contributed by atoms with E-state index in [0.717, 1.165) is 51.6 Å². The first-order valence-electron chi connectivity index (χ1n) is 13.1. The summed E-state index contributed by atoms with van der Waals surface area (Å²) in [6.45, 7) is 8.69. The van der Waals surface area contributed by atoms with Crippen molar-refractivity contribution in [1.29, 1.82) is 0 Å². The third-order valence-electron chi connectivity index (χ3n) is 6.51. The molecule has 4 heteroatoms. The minimum atomic E-state index is 0.202. The summed E-state index contributed by atoms with van der Waals surface area (Å²) in [5.74, 6) is 0.674. The second kappa shape index (κ2) is 17.7. The van der Waals surface area contributed by atoms with E-state index in [1.165, 1.54) is 64.2 Å². The largest absolute Gasteiger partial charge is 0.352 e. The van der Waals surface area contributed by atoms with Crippen molar-refractivity contribution >= 4 is 11.7 Å². The van der Waals surface area contributed by atoms with Crippen LogP contribution in [0.2, 0.25) is 0 Å². The van der Waals surface area contributed by atoms with Crippen molar-refractivity contribution in [2.24, 2.45) is 0 Å². The molecule has 0 aromatic carbocycles. The van der Waals surface area contributed by atoms with Gasteiger partial charge in [0.1, 0.15) is 5.78 Å². The molecule has 2 unspecified atom stereocenters. The molecule has 1 aliphatic heterocycles. The normalized spacial score (nSPS) is 19.3. The Hall–Kier alpha value is -0.900. The summed E-state index contributed by atoms with van der Waals surface area (Å²) >= 11 is 0. The van der Waals surface area contributed by atoms with Crippen LogP contribution in [0.15, 0.2) is 0 Å². The van der Waals surface area contributed by atoms with Gasteiger partial charge in [-0.2, -0.15) is 0 Å². The van der Waals surface area contributed by atoms with E-state index >= 15 is 0 Å². The Labute approximate surface area is 186 Å². The summed E-state index contributed by atoms with van der Waals surface area (Å²) in [4.78, 5) is 26.3. The predicted molar refractivity (Wildman–Crippen MR) is 128 cm³/mol. The summed E-state index contributed by atoms with van der Waals surface area (Å²) in [6.07, 6.45) is 19.2. The summed E-state index contributed by atoms with van der Waals surface area (Å²) < 4.78 is 0. The van der Waals surface area contributed by atoms with Gasteiger partial charge in [-0.05, 0) is 45.6 Å². The molecule has 0 spiro atoms. The highest BCUT2D eigenvalue weighted by Crippen LogP contribution is 2.19. The van der Waals surface area contributed by atoms with Gasteiger partial charge in [-0.3, -0.25) is 14.5 Å². The summed E-state index contributed by atoms with van der Waals surface area (Å²) in [6, 6.07) is 0.887. The number of carbonyl (C=O) groups excluding carboxylic acids is 2. The molecule has 176 valence electrons. The molecule has 1 N–H and O–H groups in total. The van der Waals surface area contributed by atoms with Crippen molar-refractivity contribution < 1.29 is 9.59 Å². The van der Waals surface area contributed by atoms with E-state index < -0.39 is 0 Å². The number of nitrogens with one attached hydrogen (secondary N) is 1. The molecule has 1 aliphatic rings. The minimum Gasteiger partial charge on any atom is -0.352 e. The fourth-order valence-electron chi connectivity index (χ4n) is 4.61. The molecule has 0 saturated carbocycles. The Kier molecular flexibility index (Phi) is 16.1. The lowest BCUT2D eigenvalue weighted by atomic mass is 10.0. The maximum atomic E-state index is 12.0. The lowest BCUT2D eigenvalue weighted by molar-refractivity contribution is -0.122. The summed E-state index contributed by atoms with van der Waals surface area (Å²) in [5, 5.41) is 3.18. The number of nitrogens with zero attached hydrogens (tertiary/aromatic N) is 1. The van der Waals surface area contributed by atoms with Gasteiger partial charge in [0.05, 0.1) is 0 Å². The zero-order valence-electron chi connectivity index (χ0n) is 20.4. The van der Waals surface area contributed by atoms with E-state index in [2.05, 4.69) is 24.1 Å². The van der Waals surface area contributed by atoms with Gasteiger partial charge in [-0.15, -0.1) is 0 Å². The first-order chi connectivity index (χ1) is 14.6. The fourth-order valence-corrected chi connectivity index (χ4v) is 4.61. The van der Waals surface area contributed by atoms with Crippen LogP contribution < -0.4 is 5.32 Å². The first kappa shape index (κ1) is 27.1. The third kappa shape index (κ3) is 13.4. The molecular formula is C26H50N2O2. The van der Waals surface area contributed by atoms with Crippen LogP contribution >= 0.6 is 0 Å². The van der Waals surface area contributed by atoms with Crippen molar-refractivity contribution in [2.75, 3.05) is 13.1 Å². The molecule has 1 fully saturated rings. The lowest BCUT2D eigenvalue weighted by Gasteiger charge is -2.20. The number of ketones is 1. The Morgan fingerprint density at radius 2 is 1.33 bits per heavy atom. The van der Waals surface area contributed by atoms with Crippen LogP contribution in [0, 0.1) is 0 Å². The second-order valence-corrected chi connectivity index (χ2v) is 9.52. The van der Waals surface area contributed by atoms with Crippen LogP contribution in [0.1, 0.15) is 130 Å². The van der Waals surface area contributed by atoms with Gasteiger partial charge in [0.15, 0.2) is 0 Å². The van der Waals surface area contributed by atoms with Gasteiger partial charge in [-0.25, -0.2) is 0 Å². The predicted octanol–water partition coefficient (Wildman–Crippen LogP) is 6.42. The Morgan fingerprint density at radius 3 is 1.93 bits per heavy atom. The number of amides is 1. The van der Waals surface area contributed by atoms with Crippen LogP contribution in [0.25, 0.3) is 0 Å². The number of rotatable bonds is 19. The molecule has 1 heterocycles. The van der Waals surface area contributed by atoms with Gasteiger partial charge in [0.2, 0.25) is 5.91 Å². The van der Waals surface area contributed by atoms with Crippen LogP contribution in [-0.2, 0) is 9.59 Å². The maximum absolute atomic E-state index is 12.0. The zero-order valence-corrected chi connectivity index (χ0v) is 20.4. The van der Waals surface area contributed by atoms with Crippen LogP contribution in [0.4, 0.5) is 0 Å². The third-order valence-corrected chi connectivity index (χ3v) is 6.51. The van der Waals surface area contributed by atoms with Crippen molar-refractivity contribution in [1.82, 2.24) is 10.2 Å². The maximum Gasteiger partial charge on any atom is 0.220 e. The average Bonchev–Trinajstić information content (AvgIpc) is 3.05. The van der Waals surface area contributed by atoms with Crippen molar-refractivity contribution in [3.63, 3.8) is 0 Å². The SMILES string of the molecule is CCCCCCCCCCC(=O)CCCCCCN1CC(NC(=O)CCC)CC1C. The van der Waals surface area contributed by atoms with Crippen molar-refractivity contribution in [3.05, 3.63) is 0 Å². The smallest absolute Gasteiger partial charge is 0.220 e. The molecule has 0 aromatic rings. The average molecular weight is 423 g/mol. The molecule has 0 bridgehead atoms. The van der Waals surface area contributed by atoms with Gasteiger partial charge in [-0.1, -0.05) is 71.6 Å². The van der Waals surface area contributed by atoms with E-state index in [4.69, 9.17) is 0 Å². The minimum absolute atomic E-state index is 0.202. The molecule has 30 heavy (non-hydrogen) atoms. The van der Waals surface area contributed by atoms with Crippen molar-refractivity contribution in [2.45, 2.75) is 142 Å². The number of carbonyl (C=O) groups is 2. The van der Waals surface area contributed by atoms with Gasteiger partial charge < -0.3 is 5.32 Å². The van der Waals surface area contributed by atoms with E-state index in [1.807, 2.05) is 6.92 Å². The van der Waals surface area contributed by atoms with E-state index in [0.29, 0.717) is 24.3 Å². The molecule has 1 rings (SSSR count). The molecule has 0 aromatic heterocycles. The highest BCUT2D eigenvalue weighted by atomic mass is 16.1. The molecular weight excluding hydrogens is 372 g/mol. The van der Waals surface area contributed by atoms with Crippen LogP contribution in [-0.4, -0.2) is 41.8 Å². The molecule has 1 amide bonds. The second-order valence-electron chi connectivity index (χ2n) is 9.52. The van der Waals surface area contributed by atoms with E-state index in [1.54, 1.807) is 0 Å². The van der Waals surface area contributed by atoms with E-state index in [-0.39, 0.29) is 5.91 Å². The molecule has 2 atom stereocenters. The molecule has 1 saturated heterocycles. The lowest BCUT2D eigenvalue weighted by Crippen LogP contribution is -2.37. The highest BCUT2D eigenvalue weighted by molar-refractivity contribution is 5.78. The number of hydrogen-bond donors (Lipinski definition) is 1. The molecule has 0 aliphatic carbocycles. The van der Waals surface area contributed by atoms with E-state index in [9.17, 15) is 9.59 Å². The zero-order chi connectivity index (χ0) is 22.0. The summed E-state index contributed by atoms with van der Waals surface area (Å²) in [7, 11) is 0. The van der Waals surface area contributed by atoms with Crippen molar-refractivity contribution in [3.8, 4) is 0 Å². The number of Topliss-reactive ketones (excluding diaryl/α,β-unsaturated/α-hetero) is 1. The first-order valence-corrected chi connectivity index (χ1v) is 13.1.